The zero-order valence-corrected chi connectivity index (χ0v) is 10.8. The Hall–Kier alpha value is -1.72. The maximum Gasteiger partial charge on any atom is 0.326 e. The lowest BCUT2D eigenvalue weighted by Crippen LogP contribution is -2.20. The number of aryl methyl sites for hydroxylation is 1. The zero-order chi connectivity index (χ0) is 13.1. The van der Waals surface area contributed by atoms with E-state index in [0.29, 0.717) is 5.69 Å². The van der Waals surface area contributed by atoms with Crippen LogP contribution < -0.4 is 5.73 Å². The molecule has 0 fully saturated rings. The van der Waals surface area contributed by atoms with Crippen LogP contribution in [-0.2, 0) is 11.2 Å². The quantitative estimate of drug-likeness (QED) is 0.887. The van der Waals surface area contributed by atoms with Crippen molar-refractivity contribution in [1.29, 1.82) is 0 Å². The predicted molar refractivity (Wildman–Crippen MR) is 71.5 cm³/mol. The number of nitrogens with two attached hydrogens (primary N) is 1. The summed E-state index contributed by atoms with van der Waals surface area (Å²) in [5.41, 5.74) is 8.20. The molecular weight excluding hydrogens is 248 g/mol. The number of aliphatic carboxylic acids is 1. The molecule has 0 bridgehead atoms. The molecule has 94 valence electrons. The van der Waals surface area contributed by atoms with Crippen LogP contribution in [0, 0.1) is 0 Å². The summed E-state index contributed by atoms with van der Waals surface area (Å²) in [5, 5.41) is 11.4. The Labute approximate surface area is 109 Å². The van der Waals surface area contributed by atoms with Gasteiger partial charge in [-0.15, -0.1) is 11.3 Å². The van der Waals surface area contributed by atoms with Crippen molar-refractivity contribution in [2.45, 2.75) is 19.4 Å². The number of thiazole rings is 1. The summed E-state index contributed by atoms with van der Waals surface area (Å²) in [7, 11) is 0. The van der Waals surface area contributed by atoms with Crippen molar-refractivity contribution in [3.05, 3.63) is 40.9 Å². The first-order chi connectivity index (χ1) is 8.63. The monoisotopic (exact) mass is 262 g/mol. The molecule has 0 spiro atoms. The average Bonchev–Trinajstić information content (AvgIpc) is 2.87. The van der Waals surface area contributed by atoms with Crippen LogP contribution in [0.2, 0.25) is 0 Å². The number of aromatic nitrogens is 1. The second kappa shape index (κ2) is 5.29. The van der Waals surface area contributed by atoms with Gasteiger partial charge in [0.1, 0.15) is 11.0 Å². The molecule has 0 saturated heterocycles. The fourth-order valence-electron chi connectivity index (χ4n) is 1.72. The van der Waals surface area contributed by atoms with Crippen LogP contribution in [0.4, 0.5) is 0 Å². The van der Waals surface area contributed by atoms with E-state index in [-0.39, 0.29) is 0 Å². The van der Waals surface area contributed by atoms with Crippen molar-refractivity contribution < 1.29 is 9.90 Å². The Morgan fingerprint density at radius 3 is 2.89 bits per heavy atom. The maximum absolute atomic E-state index is 10.8. The van der Waals surface area contributed by atoms with Gasteiger partial charge >= 0.3 is 5.97 Å². The summed E-state index contributed by atoms with van der Waals surface area (Å²) in [6.45, 7) is 2.08. The summed E-state index contributed by atoms with van der Waals surface area (Å²) < 4.78 is 0. The Bertz CT molecular complexity index is 566. The van der Waals surface area contributed by atoms with Crippen molar-refractivity contribution >= 4 is 17.3 Å². The Balaban J connectivity index is 2.38. The minimum atomic E-state index is -1.06. The molecule has 0 aliphatic rings. The first kappa shape index (κ1) is 12.7. The minimum absolute atomic E-state index is 0.411. The molecule has 1 heterocycles. The van der Waals surface area contributed by atoms with Gasteiger partial charge in [-0.05, 0) is 12.0 Å². The third-order valence-corrected chi connectivity index (χ3v) is 3.63. The SMILES string of the molecule is CCc1ccccc1-c1nc(C(N)C(=O)O)cs1. The number of carboxylic acids is 1. The predicted octanol–water partition coefficient (Wildman–Crippen LogP) is 2.46. The van der Waals surface area contributed by atoms with Crippen molar-refractivity contribution in [3.8, 4) is 10.6 Å². The first-order valence-electron chi connectivity index (χ1n) is 5.65. The summed E-state index contributed by atoms with van der Waals surface area (Å²) in [4.78, 5) is 15.1. The highest BCUT2D eigenvalue weighted by atomic mass is 32.1. The third-order valence-electron chi connectivity index (χ3n) is 2.74. The van der Waals surface area contributed by atoms with E-state index in [1.807, 2.05) is 24.3 Å². The van der Waals surface area contributed by atoms with E-state index in [9.17, 15) is 4.79 Å². The summed E-state index contributed by atoms with van der Waals surface area (Å²) in [6, 6.07) is 6.93. The van der Waals surface area contributed by atoms with Crippen LogP contribution in [0.25, 0.3) is 10.6 Å². The van der Waals surface area contributed by atoms with Gasteiger partial charge < -0.3 is 10.8 Å². The lowest BCUT2D eigenvalue weighted by atomic mass is 10.1. The largest absolute Gasteiger partial charge is 0.480 e. The molecule has 4 nitrogen and oxygen atoms in total. The summed E-state index contributed by atoms with van der Waals surface area (Å²) >= 11 is 1.42. The highest BCUT2D eigenvalue weighted by Crippen LogP contribution is 2.28. The van der Waals surface area contributed by atoms with Crippen LogP contribution in [0.5, 0.6) is 0 Å². The highest BCUT2D eigenvalue weighted by Gasteiger charge is 2.18. The molecular formula is C13H14N2O2S. The molecule has 0 amide bonds. The van der Waals surface area contributed by atoms with E-state index in [4.69, 9.17) is 10.8 Å². The summed E-state index contributed by atoms with van der Waals surface area (Å²) in [5.74, 6) is -1.06. The molecule has 2 rings (SSSR count). The molecule has 0 aliphatic heterocycles. The number of benzene rings is 1. The fourth-order valence-corrected chi connectivity index (χ4v) is 2.63. The molecule has 0 aliphatic carbocycles. The molecule has 5 heteroatoms. The number of hydrogen-bond donors (Lipinski definition) is 2. The van der Waals surface area contributed by atoms with Crippen molar-refractivity contribution in [1.82, 2.24) is 4.98 Å². The third kappa shape index (κ3) is 2.42. The molecule has 2 aromatic rings. The van der Waals surface area contributed by atoms with E-state index < -0.39 is 12.0 Å². The van der Waals surface area contributed by atoms with Gasteiger partial charge in [-0.3, -0.25) is 4.79 Å². The van der Waals surface area contributed by atoms with Gasteiger partial charge in [0.15, 0.2) is 0 Å². The topological polar surface area (TPSA) is 76.2 Å². The Morgan fingerprint density at radius 2 is 2.22 bits per heavy atom. The van der Waals surface area contributed by atoms with Crippen molar-refractivity contribution in [2.24, 2.45) is 5.73 Å². The Kier molecular flexibility index (Phi) is 3.74. The van der Waals surface area contributed by atoms with Crippen LogP contribution in [0.15, 0.2) is 29.6 Å². The van der Waals surface area contributed by atoms with Crippen LogP contribution in [-0.4, -0.2) is 16.1 Å². The lowest BCUT2D eigenvalue weighted by molar-refractivity contribution is -0.138. The zero-order valence-electron chi connectivity index (χ0n) is 9.96. The van der Waals surface area contributed by atoms with Crippen LogP contribution in [0.3, 0.4) is 0 Å². The molecule has 18 heavy (non-hydrogen) atoms. The fraction of sp³-hybridized carbons (Fsp3) is 0.231. The Morgan fingerprint density at radius 1 is 1.50 bits per heavy atom. The van der Waals surface area contributed by atoms with E-state index in [1.165, 1.54) is 16.9 Å². The standard InChI is InChI=1S/C13H14N2O2S/c1-2-8-5-3-4-6-9(8)12-15-10(7-18-12)11(14)13(16)17/h3-7,11H,2,14H2,1H3,(H,16,17). The van der Waals surface area contributed by atoms with Gasteiger partial charge in [0.05, 0.1) is 5.69 Å². The smallest absolute Gasteiger partial charge is 0.326 e. The molecule has 1 aromatic heterocycles. The molecule has 0 radical (unpaired) electrons. The lowest BCUT2D eigenvalue weighted by Gasteiger charge is -2.04. The van der Waals surface area contributed by atoms with Crippen molar-refractivity contribution in [2.75, 3.05) is 0 Å². The van der Waals surface area contributed by atoms with Crippen molar-refractivity contribution in [3.63, 3.8) is 0 Å². The molecule has 1 unspecified atom stereocenters. The second-order valence-corrected chi connectivity index (χ2v) is 4.76. The first-order valence-corrected chi connectivity index (χ1v) is 6.53. The molecule has 3 N–H and O–H groups in total. The number of hydrogen-bond acceptors (Lipinski definition) is 4. The number of carbonyl (C=O) groups is 1. The van der Waals surface area contributed by atoms with E-state index >= 15 is 0 Å². The molecule has 1 atom stereocenters. The highest BCUT2D eigenvalue weighted by molar-refractivity contribution is 7.13. The molecule has 1 aromatic carbocycles. The van der Waals surface area contributed by atoms with E-state index in [2.05, 4.69) is 11.9 Å². The molecule has 0 saturated carbocycles. The maximum atomic E-state index is 10.8. The van der Waals surface area contributed by atoms with Gasteiger partial charge in [0.25, 0.3) is 0 Å². The average molecular weight is 262 g/mol. The van der Waals surface area contributed by atoms with Gasteiger partial charge in [0, 0.05) is 10.9 Å². The number of carboxylic acid groups (broad SMARTS) is 1. The van der Waals surface area contributed by atoms with E-state index in [0.717, 1.165) is 17.0 Å². The van der Waals surface area contributed by atoms with Gasteiger partial charge in [-0.2, -0.15) is 0 Å². The van der Waals surface area contributed by atoms with E-state index in [1.54, 1.807) is 5.38 Å². The summed E-state index contributed by atoms with van der Waals surface area (Å²) in [6.07, 6.45) is 0.913. The normalized spacial score (nSPS) is 12.3. The van der Waals surface area contributed by atoms with Gasteiger partial charge in [-0.1, -0.05) is 31.2 Å². The number of rotatable bonds is 4. The number of nitrogens with zero attached hydrogens (tertiary/aromatic N) is 1. The minimum Gasteiger partial charge on any atom is -0.480 e. The van der Waals surface area contributed by atoms with Crippen LogP contribution in [0.1, 0.15) is 24.2 Å². The van der Waals surface area contributed by atoms with Gasteiger partial charge in [0.2, 0.25) is 0 Å². The second-order valence-electron chi connectivity index (χ2n) is 3.90. The van der Waals surface area contributed by atoms with Crippen LogP contribution >= 0.6 is 11.3 Å². The van der Waals surface area contributed by atoms with Gasteiger partial charge in [-0.25, -0.2) is 4.98 Å².